The van der Waals surface area contributed by atoms with E-state index in [-0.39, 0.29) is 35.2 Å². The largest absolute Gasteiger partial charge is 0.478 e. The Morgan fingerprint density at radius 3 is 2.34 bits per heavy atom. The molecular weight excluding hydrogens is 689 g/mol. The second-order valence-electron chi connectivity index (χ2n) is 14.3. The summed E-state index contributed by atoms with van der Waals surface area (Å²) in [5, 5.41) is 27.0. The predicted molar refractivity (Wildman–Crippen MR) is 212 cm³/mol. The van der Waals surface area contributed by atoms with E-state index in [0.717, 1.165) is 33.7 Å². The van der Waals surface area contributed by atoms with Gasteiger partial charge in [0.05, 0.1) is 30.3 Å². The number of fused-ring (bicyclic) bond motifs is 2. The van der Waals surface area contributed by atoms with Crippen LogP contribution in [0.5, 0.6) is 0 Å². The minimum Gasteiger partial charge on any atom is -0.478 e. The molecule has 3 aromatic carbocycles. The Hall–Kier alpha value is -5.17. The highest BCUT2D eigenvalue weighted by atomic mass is 28.3. The molecule has 11 nitrogen and oxygen atoms in total. The number of anilines is 1. The lowest BCUT2D eigenvalue weighted by atomic mass is 9.86. The van der Waals surface area contributed by atoms with Gasteiger partial charge in [-0.1, -0.05) is 31.3 Å². The molecule has 0 radical (unpaired) electrons. The van der Waals surface area contributed by atoms with Crippen LogP contribution in [0.15, 0.2) is 83.6 Å². The van der Waals surface area contributed by atoms with Crippen LogP contribution in [0.4, 0.5) is 11.4 Å². The van der Waals surface area contributed by atoms with E-state index < -0.39 is 14.0 Å². The summed E-state index contributed by atoms with van der Waals surface area (Å²) < 4.78 is 13.4. The minimum absolute atomic E-state index is 0.128. The fourth-order valence-electron chi connectivity index (χ4n) is 6.83. The van der Waals surface area contributed by atoms with Gasteiger partial charge in [0.2, 0.25) is 0 Å². The summed E-state index contributed by atoms with van der Waals surface area (Å²) in [4.78, 5) is 39.2. The lowest BCUT2D eigenvalue weighted by Crippen LogP contribution is -2.49. The van der Waals surface area contributed by atoms with Gasteiger partial charge in [0.25, 0.3) is 11.6 Å². The number of benzene rings is 3. The molecule has 0 saturated carbocycles. The van der Waals surface area contributed by atoms with Crippen molar-refractivity contribution in [3.05, 3.63) is 127 Å². The number of carboxylic acid groups (broad SMARTS) is 1. The molecule has 1 heterocycles. The number of carbonyl (C=O) groups is 2. The summed E-state index contributed by atoms with van der Waals surface area (Å²) >= 11 is 0. The molecule has 0 aromatic heterocycles. The van der Waals surface area contributed by atoms with E-state index in [1.165, 1.54) is 16.4 Å². The van der Waals surface area contributed by atoms with E-state index in [1.807, 2.05) is 41.2 Å². The van der Waals surface area contributed by atoms with Crippen LogP contribution in [0, 0.1) is 17.0 Å². The summed E-state index contributed by atoms with van der Waals surface area (Å²) in [7, 11) is 5.80. The molecule has 0 atom stereocenters. The number of ether oxygens (including phenoxy) is 2. The number of aromatic carboxylic acids is 1. The molecule has 0 fully saturated rings. The SMILES string of the molecule is Cc1ccc(CCCOCCOCCNC(=O)c2ccc(C(=O)O)c(C3=C4C=CC(=[N+](C)C)C=C4[Si](C)(C)c4cc(N(C)C)ccc43)c2)c([N+](=O)[O-])c1. The van der Waals surface area contributed by atoms with Crippen molar-refractivity contribution in [3.8, 4) is 0 Å². The Morgan fingerprint density at radius 2 is 1.66 bits per heavy atom. The normalized spacial score (nSPS) is 14.3. The predicted octanol–water partition coefficient (Wildman–Crippen LogP) is 5.54. The van der Waals surface area contributed by atoms with Gasteiger partial charge in [0.15, 0.2) is 5.71 Å². The van der Waals surface area contributed by atoms with Crippen LogP contribution in [-0.4, -0.2) is 101 Å². The van der Waals surface area contributed by atoms with Crippen molar-refractivity contribution < 1.29 is 33.7 Å². The zero-order chi connectivity index (χ0) is 38.4. The average molecular weight is 738 g/mol. The molecule has 3 aromatic rings. The molecule has 1 aliphatic heterocycles. The quantitative estimate of drug-likeness (QED) is 0.0683. The maximum absolute atomic E-state index is 13.4. The Kier molecular flexibility index (Phi) is 12.3. The number of hydrogen-bond donors (Lipinski definition) is 2. The number of carbonyl (C=O) groups excluding carboxylic acids is 1. The number of amides is 1. The number of rotatable bonds is 15. The van der Waals surface area contributed by atoms with Crippen LogP contribution in [0.3, 0.4) is 0 Å². The first-order valence-corrected chi connectivity index (χ1v) is 20.8. The lowest BCUT2D eigenvalue weighted by Gasteiger charge is -2.38. The zero-order valence-corrected chi connectivity index (χ0v) is 32.6. The van der Waals surface area contributed by atoms with Crippen molar-refractivity contribution in [2.24, 2.45) is 0 Å². The van der Waals surface area contributed by atoms with Crippen molar-refractivity contribution in [1.82, 2.24) is 5.32 Å². The van der Waals surface area contributed by atoms with E-state index in [1.54, 1.807) is 24.3 Å². The fraction of sp³-hybridized carbons (Fsp3) is 0.341. The summed E-state index contributed by atoms with van der Waals surface area (Å²) in [6.45, 7) is 8.16. The van der Waals surface area contributed by atoms with Crippen LogP contribution >= 0.6 is 0 Å². The standard InChI is InChI=1S/C41H48N4O7Si/c1-27-10-11-28(36(23-27)45(49)50)9-8-19-51-21-22-52-20-18-42-40(46)29-12-15-32(41(47)48)35(24-29)39-33-16-13-30(43(2)3)25-37(33)53(6,7)38-26-31(44(4)5)14-17-34(38)39/h10-17,23-26H,8-9,18-22H2,1-7H3,(H-,42,46,47,48)/p+1. The van der Waals surface area contributed by atoms with Crippen LogP contribution in [0.25, 0.3) is 5.57 Å². The molecule has 2 N–H and O–H groups in total. The Bertz CT molecular complexity index is 2060. The number of allylic oxidation sites excluding steroid dienone is 5. The van der Waals surface area contributed by atoms with E-state index >= 15 is 0 Å². The fourth-order valence-corrected chi connectivity index (χ4v) is 9.90. The van der Waals surface area contributed by atoms with Gasteiger partial charge in [-0.2, -0.15) is 0 Å². The van der Waals surface area contributed by atoms with E-state index in [2.05, 4.69) is 64.3 Å². The Labute approximate surface area is 312 Å². The van der Waals surface area contributed by atoms with Crippen LogP contribution in [0.2, 0.25) is 13.1 Å². The van der Waals surface area contributed by atoms with Gasteiger partial charge in [-0.25, -0.2) is 9.37 Å². The molecule has 0 spiro atoms. The third kappa shape index (κ3) is 8.73. The van der Waals surface area contributed by atoms with Crippen molar-refractivity contribution >= 4 is 47.8 Å². The molecule has 0 saturated heterocycles. The highest BCUT2D eigenvalue weighted by Gasteiger charge is 2.41. The Morgan fingerprint density at radius 1 is 0.925 bits per heavy atom. The van der Waals surface area contributed by atoms with Gasteiger partial charge < -0.3 is 24.8 Å². The average Bonchev–Trinajstić information content (AvgIpc) is 3.12. The van der Waals surface area contributed by atoms with Gasteiger partial charge in [-0.05, 0) is 94.4 Å². The second kappa shape index (κ2) is 16.7. The second-order valence-corrected chi connectivity index (χ2v) is 18.6. The highest BCUT2D eigenvalue weighted by Crippen LogP contribution is 2.43. The molecule has 5 rings (SSSR count). The summed E-state index contributed by atoms with van der Waals surface area (Å²) in [5.41, 5.74) is 7.59. The Balaban J connectivity index is 1.26. The number of aryl methyl sites for hydroxylation is 2. The smallest absolute Gasteiger partial charge is 0.336 e. The van der Waals surface area contributed by atoms with Crippen LogP contribution < -0.4 is 15.4 Å². The lowest BCUT2D eigenvalue weighted by molar-refractivity contribution is -0.462. The van der Waals surface area contributed by atoms with Gasteiger partial charge in [0.1, 0.15) is 22.2 Å². The molecule has 1 amide bonds. The maximum atomic E-state index is 13.4. The molecule has 12 heteroatoms. The zero-order valence-electron chi connectivity index (χ0n) is 31.6. The summed E-state index contributed by atoms with van der Waals surface area (Å²) in [6, 6.07) is 16.4. The first-order chi connectivity index (χ1) is 25.2. The minimum atomic E-state index is -2.25. The van der Waals surface area contributed by atoms with Gasteiger partial charge >= 0.3 is 5.97 Å². The number of nitro benzene ring substituents is 1. The monoisotopic (exact) mass is 737 g/mol. The molecular formula is C41H49N4O7Si+. The van der Waals surface area contributed by atoms with Crippen LogP contribution in [0.1, 0.15) is 49.4 Å². The number of carboxylic acids is 1. The molecule has 2 aliphatic rings. The van der Waals surface area contributed by atoms with Crippen molar-refractivity contribution in [2.75, 3.05) is 66.1 Å². The number of nitro groups is 1. The molecule has 278 valence electrons. The first-order valence-electron chi connectivity index (χ1n) is 17.8. The summed E-state index contributed by atoms with van der Waals surface area (Å²) in [5.74, 6) is -1.39. The number of hydrogen-bond acceptors (Lipinski definition) is 7. The van der Waals surface area contributed by atoms with E-state index in [4.69, 9.17) is 9.47 Å². The van der Waals surface area contributed by atoms with Gasteiger partial charge in [0, 0.05) is 62.3 Å². The molecule has 53 heavy (non-hydrogen) atoms. The van der Waals surface area contributed by atoms with Crippen LogP contribution in [-0.2, 0) is 15.9 Å². The highest BCUT2D eigenvalue weighted by molar-refractivity contribution is 6.98. The molecule has 0 unspecified atom stereocenters. The summed E-state index contributed by atoms with van der Waals surface area (Å²) in [6.07, 6.45) is 7.57. The van der Waals surface area contributed by atoms with Gasteiger partial charge in [-0.15, -0.1) is 0 Å². The van der Waals surface area contributed by atoms with Crippen molar-refractivity contribution in [3.63, 3.8) is 0 Å². The van der Waals surface area contributed by atoms with Crippen molar-refractivity contribution in [2.45, 2.75) is 32.9 Å². The topological polar surface area (TPSA) is 134 Å². The number of nitrogens with zero attached hydrogens (tertiary/aromatic N) is 3. The first kappa shape index (κ1) is 39.0. The molecule has 1 aliphatic carbocycles. The van der Waals surface area contributed by atoms with E-state index in [9.17, 15) is 24.8 Å². The third-order valence-electron chi connectivity index (χ3n) is 9.78. The van der Waals surface area contributed by atoms with E-state index in [0.29, 0.717) is 49.4 Å². The van der Waals surface area contributed by atoms with Gasteiger partial charge in [-0.3, -0.25) is 14.9 Å². The van der Waals surface area contributed by atoms with Crippen molar-refractivity contribution in [1.29, 1.82) is 0 Å². The molecule has 0 bridgehead atoms. The third-order valence-corrected chi connectivity index (χ3v) is 13.3. The number of nitrogens with one attached hydrogen (secondary N) is 1. The maximum Gasteiger partial charge on any atom is 0.336 e.